The molecule has 40 heavy (non-hydrogen) atoms. The fraction of sp³-hybridized carbons (Fsp3) is 0.464. The highest BCUT2D eigenvalue weighted by atomic mass is 16.5. The molecular formula is C28H37N3O9. The molecule has 0 fully saturated rings. The number of hydroxylamine groups is 2. The molecule has 0 aliphatic carbocycles. The summed E-state index contributed by atoms with van der Waals surface area (Å²) in [7, 11) is 2.48. The van der Waals surface area contributed by atoms with E-state index in [0.717, 1.165) is 19.3 Å². The van der Waals surface area contributed by atoms with E-state index in [1.165, 1.54) is 26.4 Å². The number of ether oxygens (including phenoxy) is 2. The summed E-state index contributed by atoms with van der Waals surface area (Å²) in [6.07, 6.45) is 3.58. The third-order valence-electron chi connectivity index (χ3n) is 6.48. The number of amides is 3. The van der Waals surface area contributed by atoms with Crippen LogP contribution in [0.5, 0.6) is 0 Å². The van der Waals surface area contributed by atoms with Crippen LogP contribution in [-0.4, -0.2) is 67.4 Å². The summed E-state index contributed by atoms with van der Waals surface area (Å²) < 4.78 is 15.2. The first-order valence-corrected chi connectivity index (χ1v) is 13.1. The molecule has 3 N–H and O–H groups in total. The molecule has 2 rings (SSSR count). The van der Waals surface area contributed by atoms with Crippen LogP contribution in [0.1, 0.15) is 72.4 Å². The van der Waals surface area contributed by atoms with Crippen molar-refractivity contribution in [2.75, 3.05) is 20.9 Å². The average Bonchev–Trinajstić information content (AvgIpc) is 3.46. The lowest BCUT2D eigenvalue weighted by Gasteiger charge is -2.29. The van der Waals surface area contributed by atoms with Crippen LogP contribution >= 0.6 is 0 Å². The van der Waals surface area contributed by atoms with E-state index < -0.39 is 35.7 Å². The highest BCUT2D eigenvalue weighted by molar-refractivity contribution is 5.94. The highest BCUT2D eigenvalue weighted by Crippen LogP contribution is 2.26. The van der Waals surface area contributed by atoms with Gasteiger partial charge >= 0.3 is 11.9 Å². The number of furan rings is 1. The van der Waals surface area contributed by atoms with Gasteiger partial charge in [0.05, 0.1) is 44.8 Å². The Kier molecular flexibility index (Phi) is 12.8. The van der Waals surface area contributed by atoms with Gasteiger partial charge in [0.1, 0.15) is 5.76 Å². The van der Waals surface area contributed by atoms with E-state index >= 15 is 0 Å². The minimum absolute atomic E-state index is 0.0239. The van der Waals surface area contributed by atoms with E-state index in [-0.39, 0.29) is 30.8 Å². The number of nitrogens with zero attached hydrogens (tertiary/aromatic N) is 1. The summed E-state index contributed by atoms with van der Waals surface area (Å²) in [6, 6.07) is 7.00. The SMILES string of the molecule is CCCCC[C@@H](C(=O)NCNC(=O)c1ccc(-c2ccc(C(=O)OC)c(CC(=O)OC)c2)o1)[C@@H](CC)N(O)C=O. The Labute approximate surface area is 232 Å². The highest BCUT2D eigenvalue weighted by Gasteiger charge is 2.30. The Morgan fingerprint density at radius 3 is 2.42 bits per heavy atom. The average molecular weight is 560 g/mol. The van der Waals surface area contributed by atoms with Crippen LogP contribution in [-0.2, 0) is 30.3 Å². The first kappa shape index (κ1) is 32.0. The van der Waals surface area contributed by atoms with E-state index in [1.54, 1.807) is 25.1 Å². The third kappa shape index (κ3) is 8.67. The molecule has 0 unspecified atom stereocenters. The van der Waals surface area contributed by atoms with Gasteiger partial charge in [0, 0.05) is 5.56 Å². The normalized spacial score (nSPS) is 12.1. The van der Waals surface area contributed by atoms with Gasteiger partial charge in [-0.15, -0.1) is 0 Å². The maximum absolute atomic E-state index is 12.9. The summed E-state index contributed by atoms with van der Waals surface area (Å²) in [4.78, 5) is 60.6. The van der Waals surface area contributed by atoms with E-state index in [2.05, 4.69) is 10.6 Å². The topological polar surface area (TPSA) is 164 Å². The van der Waals surface area contributed by atoms with Crippen LogP contribution in [0, 0.1) is 5.92 Å². The molecule has 1 heterocycles. The number of rotatable bonds is 16. The molecule has 12 heteroatoms. The third-order valence-corrected chi connectivity index (χ3v) is 6.48. The molecule has 0 saturated heterocycles. The largest absolute Gasteiger partial charge is 0.469 e. The summed E-state index contributed by atoms with van der Waals surface area (Å²) >= 11 is 0. The molecule has 1 aromatic heterocycles. The van der Waals surface area contributed by atoms with Gasteiger partial charge in [-0.3, -0.25) is 24.4 Å². The van der Waals surface area contributed by atoms with Crippen molar-refractivity contribution in [3.05, 3.63) is 47.2 Å². The Bertz CT molecular complexity index is 1180. The Morgan fingerprint density at radius 2 is 1.80 bits per heavy atom. The Balaban J connectivity index is 2.09. The quantitative estimate of drug-likeness (QED) is 0.0700. The molecule has 1 aromatic carbocycles. The summed E-state index contributed by atoms with van der Waals surface area (Å²) in [5, 5.41) is 15.7. The lowest BCUT2D eigenvalue weighted by Crippen LogP contribution is -2.47. The zero-order valence-corrected chi connectivity index (χ0v) is 23.2. The molecule has 218 valence electrons. The smallest absolute Gasteiger partial charge is 0.338 e. The molecule has 2 atom stereocenters. The van der Waals surface area contributed by atoms with Gasteiger partial charge < -0.3 is 24.5 Å². The fourth-order valence-corrected chi connectivity index (χ4v) is 4.32. The number of hydrogen-bond acceptors (Lipinski definition) is 9. The van der Waals surface area contributed by atoms with Crippen LogP contribution in [0.15, 0.2) is 34.7 Å². The first-order valence-electron chi connectivity index (χ1n) is 13.1. The van der Waals surface area contributed by atoms with Crippen LogP contribution in [0.4, 0.5) is 0 Å². The fourth-order valence-electron chi connectivity index (χ4n) is 4.32. The van der Waals surface area contributed by atoms with Crippen LogP contribution in [0.25, 0.3) is 11.3 Å². The Hall–Kier alpha value is -4.19. The number of methoxy groups -OCH3 is 2. The number of hydrogen-bond donors (Lipinski definition) is 3. The van der Waals surface area contributed by atoms with Crippen molar-refractivity contribution in [3.8, 4) is 11.3 Å². The number of unbranched alkanes of at least 4 members (excludes halogenated alkanes) is 2. The molecule has 0 spiro atoms. The molecule has 12 nitrogen and oxygen atoms in total. The number of esters is 2. The number of benzene rings is 1. The molecule has 2 aromatic rings. The van der Waals surface area contributed by atoms with Crippen molar-refractivity contribution in [3.63, 3.8) is 0 Å². The van der Waals surface area contributed by atoms with Gasteiger partial charge in [0.25, 0.3) is 5.91 Å². The van der Waals surface area contributed by atoms with E-state index in [9.17, 15) is 29.2 Å². The molecule has 3 amide bonds. The van der Waals surface area contributed by atoms with Gasteiger partial charge in [0.2, 0.25) is 12.3 Å². The summed E-state index contributed by atoms with van der Waals surface area (Å²) in [5.41, 5.74) is 1.09. The lowest BCUT2D eigenvalue weighted by molar-refractivity contribution is -0.168. The van der Waals surface area contributed by atoms with Gasteiger partial charge in [-0.1, -0.05) is 39.2 Å². The molecule has 0 saturated carbocycles. The van der Waals surface area contributed by atoms with Crippen molar-refractivity contribution in [2.24, 2.45) is 5.92 Å². The second kappa shape index (κ2) is 16.0. The minimum atomic E-state index is -0.688. The standard InChI is InChI=1S/C28H37N3O9/c1-5-7-8-9-21(22(6-2)31(37)17-32)26(34)29-16-30-27(35)24-13-12-23(40-24)18-10-11-20(28(36)39-4)19(14-18)15-25(33)38-3/h10-14,17,21-22,37H,5-9,15-16H2,1-4H3,(H,29,34)(H,30,35)/t21-,22-/m1/s1. The van der Waals surface area contributed by atoms with Crippen LogP contribution in [0.2, 0.25) is 0 Å². The molecule has 0 radical (unpaired) electrons. The Morgan fingerprint density at radius 1 is 1.05 bits per heavy atom. The second-order valence-electron chi connectivity index (χ2n) is 9.07. The number of nitrogens with one attached hydrogen (secondary N) is 2. The van der Waals surface area contributed by atoms with Gasteiger partial charge in [0.15, 0.2) is 5.76 Å². The van der Waals surface area contributed by atoms with Crippen LogP contribution < -0.4 is 10.6 Å². The van der Waals surface area contributed by atoms with Crippen molar-refractivity contribution >= 4 is 30.2 Å². The zero-order valence-electron chi connectivity index (χ0n) is 23.2. The molecule has 0 bridgehead atoms. The molecule has 0 aliphatic rings. The molecule has 0 aliphatic heterocycles. The summed E-state index contributed by atoms with van der Waals surface area (Å²) in [5.74, 6) is -2.49. The second-order valence-corrected chi connectivity index (χ2v) is 9.07. The van der Waals surface area contributed by atoms with Gasteiger partial charge in [-0.25, -0.2) is 9.86 Å². The number of carbonyl (C=O) groups excluding carboxylic acids is 5. The maximum atomic E-state index is 12.9. The van der Waals surface area contributed by atoms with E-state index in [0.29, 0.717) is 34.8 Å². The number of carbonyl (C=O) groups is 5. The van der Waals surface area contributed by atoms with Crippen LogP contribution in [0.3, 0.4) is 0 Å². The lowest BCUT2D eigenvalue weighted by atomic mass is 9.90. The molecular weight excluding hydrogens is 522 g/mol. The predicted octanol–water partition coefficient (Wildman–Crippen LogP) is 3.07. The van der Waals surface area contributed by atoms with Crippen molar-refractivity contribution in [1.82, 2.24) is 15.7 Å². The van der Waals surface area contributed by atoms with Gasteiger partial charge in [-0.05, 0) is 42.7 Å². The first-order chi connectivity index (χ1) is 19.2. The summed E-state index contributed by atoms with van der Waals surface area (Å²) in [6.45, 7) is 3.61. The van der Waals surface area contributed by atoms with Gasteiger partial charge in [-0.2, -0.15) is 0 Å². The van der Waals surface area contributed by atoms with E-state index in [4.69, 9.17) is 13.9 Å². The minimum Gasteiger partial charge on any atom is -0.469 e. The van der Waals surface area contributed by atoms with Crippen molar-refractivity contribution in [2.45, 2.75) is 58.4 Å². The zero-order chi connectivity index (χ0) is 29.7. The van der Waals surface area contributed by atoms with Crippen molar-refractivity contribution < 1.29 is 43.1 Å². The van der Waals surface area contributed by atoms with Crippen molar-refractivity contribution in [1.29, 1.82) is 0 Å². The van der Waals surface area contributed by atoms with E-state index in [1.807, 2.05) is 6.92 Å². The monoisotopic (exact) mass is 559 g/mol. The predicted molar refractivity (Wildman–Crippen MR) is 143 cm³/mol. The maximum Gasteiger partial charge on any atom is 0.338 e.